The molecule has 3 heteroatoms. The van der Waals surface area contributed by atoms with Crippen LogP contribution in [-0.2, 0) is 0 Å². The van der Waals surface area contributed by atoms with Crippen LogP contribution in [0, 0.1) is 10.8 Å². The van der Waals surface area contributed by atoms with Crippen LogP contribution in [0.25, 0.3) is 0 Å². The van der Waals surface area contributed by atoms with E-state index in [0.29, 0.717) is 16.7 Å². The SMILES string of the molecule is CCCN1CCN(c2cc(OC)ccc2C2CC(C)(C)CC(C)(C)C2)CC1. The number of nitrogens with zero attached hydrogens (tertiary/aromatic N) is 2. The second-order valence-electron chi connectivity index (χ2n) is 10.4. The van der Waals surface area contributed by atoms with Gasteiger partial charge in [-0.3, -0.25) is 4.90 Å². The topological polar surface area (TPSA) is 15.7 Å². The number of benzene rings is 1. The van der Waals surface area contributed by atoms with Gasteiger partial charge in [-0.05, 0) is 60.6 Å². The summed E-state index contributed by atoms with van der Waals surface area (Å²) in [5.74, 6) is 1.62. The van der Waals surface area contributed by atoms with Crippen molar-refractivity contribution in [3.8, 4) is 5.75 Å². The lowest BCUT2D eigenvalue weighted by atomic mass is 9.60. The third-order valence-corrected chi connectivity index (χ3v) is 6.49. The van der Waals surface area contributed by atoms with Gasteiger partial charge in [0, 0.05) is 37.9 Å². The molecular weight excluding hydrogens is 332 g/mol. The summed E-state index contributed by atoms with van der Waals surface area (Å²) >= 11 is 0. The number of methoxy groups -OCH3 is 1. The molecule has 0 aromatic heterocycles. The van der Waals surface area contributed by atoms with Crippen LogP contribution in [0.5, 0.6) is 5.75 Å². The third kappa shape index (κ3) is 4.99. The molecule has 0 atom stereocenters. The maximum atomic E-state index is 5.59. The Kier molecular flexibility index (Phi) is 6.10. The van der Waals surface area contributed by atoms with Gasteiger partial charge in [0.15, 0.2) is 0 Å². The number of rotatable bonds is 5. The second kappa shape index (κ2) is 8.03. The minimum atomic E-state index is 0.406. The maximum absolute atomic E-state index is 5.59. The van der Waals surface area contributed by atoms with Gasteiger partial charge in [-0.15, -0.1) is 0 Å². The van der Waals surface area contributed by atoms with E-state index in [1.807, 2.05) is 0 Å². The molecule has 27 heavy (non-hydrogen) atoms. The van der Waals surface area contributed by atoms with Crippen molar-refractivity contribution in [2.45, 2.75) is 66.2 Å². The smallest absolute Gasteiger partial charge is 0.120 e. The van der Waals surface area contributed by atoms with E-state index in [1.54, 1.807) is 12.7 Å². The second-order valence-corrected chi connectivity index (χ2v) is 10.4. The Balaban J connectivity index is 1.87. The average Bonchev–Trinajstić information content (AvgIpc) is 2.59. The fourth-order valence-electron chi connectivity index (χ4n) is 5.86. The molecule has 3 rings (SSSR count). The fourth-order valence-corrected chi connectivity index (χ4v) is 5.86. The van der Waals surface area contributed by atoms with Gasteiger partial charge in [0.05, 0.1) is 7.11 Å². The normalized spacial score (nSPS) is 23.4. The van der Waals surface area contributed by atoms with E-state index >= 15 is 0 Å². The fraction of sp³-hybridized carbons (Fsp3) is 0.750. The molecule has 0 radical (unpaired) electrons. The van der Waals surface area contributed by atoms with Gasteiger partial charge in [0.25, 0.3) is 0 Å². The van der Waals surface area contributed by atoms with Crippen LogP contribution in [0.4, 0.5) is 5.69 Å². The first-order chi connectivity index (χ1) is 12.7. The number of anilines is 1. The number of ether oxygens (including phenoxy) is 1. The minimum Gasteiger partial charge on any atom is -0.497 e. The van der Waals surface area contributed by atoms with Crippen LogP contribution < -0.4 is 9.64 Å². The summed E-state index contributed by atoms with van der Waals surface area (Å²) in [7, 11) is 1.78. The highest BCUT2D eigenvalue weighted by Crippen LogP contribution is 2.53. The van der Waals surface area contributed by atoms with Gasteiger partial charge in [0.2, 0.25) is 0 Å². The summed E-state index contributed by atoms with van der Waals surface area (Å²) in [5, 5.41) is 0. The molecule has 0 spiro atoms. The summed E-state index contributed by atoms with van der Waals surface area (Å²) in [5.41, 5.74) is 3.77. The van der Waals surface area contributed by atoms with Crippen LogP contribution in [0.3, 0.4) is 0 Å². The van der Waals surface area contributed by atoms with E-state index < -0.39 is 0 Å². The van der Waals surface area contributed by atoms with E-state index in [1.165, 1.54) is 51.0 Å². The number of hydrogen-bond donors (Lipinski definition) is 0. The van der Waals surface area contributed by atoms with Crippen molar-refractivity contribution in [3.05, 3.63) is 23.8 Å². The highest BCUT2D eigenvalue weighted by Gasteiger charge is 2.40. The van der Waals surface area contributed by atoms with E-state index in [9.17, 15) is 0 Å². The molecule has 1 saturated heterocycles. The first-order valence-corrected chi connectivity index (χ1v) is 10.9. The molecule has 2 aliphatic rings. The van der Waals surface area contributed by atoms with E-state index in [0.717, 1.165) is 18.8 Å². The molecule has 152 valence electrons. The van der Waals surface area contributed by atoms with Crippen molar-refractivity contribution in [1.29, 1.82) is 0 Å². The third-order valence-electron chi connectivity index (χ3n) is 6.49. The molecule has 0 bridgehead atoms. The lowest BCUT2D eigenvalue weighted by Crippen LogP contribution is -2.47. The zero-order chi connectivity index (χ0) is 19.7. The largest absolute Gasteiger partial charge is 0.497 e. The van der Waals surface area contributed by atoms with Crippen molar-refractivity contribution >= 4 is 5.69 Å². The molecule has 1 heterocycles. The summed E-state index contributed by atoms with van der Waals surface area (Å²) in [6.45, 7) is 17.9. The van der Waals surface area contributed by atoms with E-state index in [4.69, 9.17) is 4.74 Å². The van der Waals surface area contributed by atoms with Gasteiger partial charge >= 0.3 is 0 Å². The Morgan fingerprint density at radius 2 is 1.63 bits per heavy atom. The average molecular weight is 373 g/mol. The molecule has 1 aromatic rings. The van der Waals surface area contributed by atoms with E-state index in [2.05, 4.69) is 62.6 Å². The zero-order valence-corrected chi connectivity index (χ0v) is 18.5. The number of piperazine rings is 1. The summed E-state index contributed by atoms with van der Waals surface area (Å²) < 4.78 is 5.59. The molecule has 1 saturated carbocycles. The van der Waals surface area contributed by atoms with Crippen LogP contribution in [-0.4, -0.2) is 44.7 Å². The molecule has 0 N–H and O–H groups in total. The Morgan fingerprint density at radius 1 is 1.00 bits per heavy atom. The summed E-state index contributed by atoms with van der Waals surface area (Å²) in [6, 6.07) is 6.81. The van der Waals surface area contributed by atoms with Crippen LogP contribution in [0.1, 0.15) is 71.8 Å². The maximum Gasteiger partial charge on any atom is 0.120 e. The molecular formula is C24H40N2O. The minimum absolute atomic E-state index is 0.406. The Hall–Kier alpha value is -1.22. The van der Waals surface area contributed by atoms with Crippen molar-refractivity contribution in [1.82, 2.24) is 4.90 Å². The monoisotopic (exact) mass is 372 g/mol. The van der Waals surface area contributed by atoms with Gasteiger partial charge in [-0.25, -0.2) is 0 Å². The molecule has 0 unspecified atom stereocenters. The van der Waals surface area contributed by atoms with Crippen LogP contribution in [0.2, 0.25) is 0 Å². The molecule has 1 aromatic carbocycles. The van der Waals surface area contributed by atoms with Crippen LogP contribution in [0.15, 0.2) is 18.2 Å². The number of hydrogen-bond acceptors (Lipinski definition) is 3. The predicted octanol–water partition coefficient (Wildman–Crippen LogP) is 5.55. The highest BCUT2D eigenvalue weighted by molar-refractivity contribution is 5.59. The molecule has 0 amide bonds. The molecule has 2 fully saturated rings. The van der Waals surface area contributed by atoms with E-state index in [-0.39, 0.29) is 0 Å². The summed E-state index contributed by atoms with van der Waals surface area (Å²) in [4.78, 5) is 5.21. The van der Waals surface area contributed by atoms with Gasteiger partial charge in [-0.1, -0.05) is 40.7 Å². The van der Waals surface area contributed by atoms with Gasteiger partial charge in [0.1, 0.15) is 5.75 Å². The van der Waals surface area contributed by atoms with Gasteiger partial charge < -0.3 is 9.64 Å². The van der Waals surface area contributed by atoms with Crippen molar-refractivity contribution in [2.75, 3.05) is 44.7 Å². The van der Waals surface area contributed by atoms with Crippen LogP contribution >= 0.6 is 0 Å². The quantitative estimate of drug-likeness (QED) is 0.674. The molecule has 3 nitrogen and oxygen atoms in total. The predicted molar refractivity (Wildman–Crippen MR) is 116 cm³/mol. The molecule has 1 aliphatic heterocycles. The van der Waals surface area contributed by atoms with Crippen molar-refractivity contribution in [2.24, 2.45) is 10.8 Å². The zero-order valence-electron chi connectivity index (χ0n) is 18.5. The lowest BCUT2D eigenvalue weighted by molar-refractivity contribution is 0.0969. The Morgan fingerprint density at radius 3 is 2.19 bits per heavy atom. The Labute approximate surface area is 167 Å². The molecule has 1 aliphatic carbocycles. The first-order valence-electron chi connectivity index (χ1n) is 10.9. The Bertz CT molecular complexity index is 613. The lowest BCUT2D eigenvalue weighted by Gasteiger charge is -2.46. The van der Waals surface area contributed by atoms with Crippen molar-refractivity contribution < 1.29 is 4.74 Å². The summed E-state index contributed by atoms with van der Waals surface area (Å²) in [6.07, 6.45) is 5.13. The van der Waals surface area contributed by atoms with Gasteiger partial charge in [-0.2, -0.15) is 0 Å². The first kappa shape index (κ1) is 20.5. The highest BCUT2D eigenvalue weighted by atomic mass is 16.5. The standard InChI is InChI=1S/C24H40N2O/c1-7-10-25-11-13-26(14-12-25)22-15-20(27-6)8-9-21(22)19-16-23(2,3)18-24(4,5)17-19/h8-9,15,19H,7,10-14,16-18H2,1-6H3. The van der Waals surface area contributed by atoms with Crippen molar-refractivity contribution in [3.63, 3.8) is 0 Å².